The van der Waals surface area contributed by atoms with Crippen LogP contribution in [0.3, 0.4) is 0 Å². The molecular weight excluding hydrogens is 302 g/mol. The van der Waals surface area contributed by atoms with Gasteiger partial charge in [-0.3, -0.25) is 10.1 Å². The summed E-state index contributed by atoms with van der Waals surface area (Å²) in [5.74, 6) is 0.848. The first-order valence-electron chi connectivity index (χ1n) is 6.44. The third-order valence-electron chi connectivity index (χ3n) is 2.99. The minimum atomic E-state index is -0.217. The van der Waals surface area contributed by atoms with Gasteiger partial charge in [0.25, 0.3) is 5.91 Å². The molecule has 108 valence electrons. The van der Waals surface area contributed by atoms with Crippen LogP contribution in [-0.2, 0) is 0 Å². The van der Waals surface area contributed by atoms with E-state index in [0.717, 1.165) is 0 Å². The van der Waals surface area contributed by atoms with Crippen molar-refractivity contribution in [1.29, 1.82) is 0 Å². The van der Waals surface area contributed by atoms with Gasteiger partial charge in [-0.1, -0.05) is 29.5 Å². The van der Waals surface area contributed by atoms with Crippen LogP contribution in [0, 0.1) is 0 Å². The topological polar surface area (TPSA) is 85.3 Å². The van der Waals surface area contributed by atoms with E-state index >= 15 is 0 Å². The smallest absolute Gasteiger partial charge is 0.257 e. The number of carbonyl (C=O) groups is 1. The van der Waals surface area contributed by atoms with Crippen LogP contribution in [0.25, 0.3) is 16.5 Å². The van der Waals surface area contributed by atoms with Crippen molar-refractivity contribution in [3.05, 3.63) is 54.3 Å². The maximum absolute atomic E-state index is 12.1. The number of nitrogens with one attached hydrogen (secondary N) is 1. The second kappa shape index (κ2) is 5.08. The Kier molecular flexibility index (Phi) is 2.94. The fourth-order valence-electron chi connectivity index (χ4n) is 1.99. The van der Waals surface area contributed by atoms with Crippen LogP contribution >= 0.6 is 11.3 Å². The highest BCUT2D eigenvalue weighted by molar-refractivity contribution is 7.20. The van der Waals surface area contributed by atoms with Gasteiger partial charge >= 0.3 is 0 Å². The normalized spacial score (nSPS) is 10.9. The highest BCUT2D eigenvalue weighted by atomic mass is 32.1. The quantitative estimate of drug-likeness (QED) is 0.628. The fraction of sp³-hybridized carbons (Fsp3) is 0. The molecular formula is C14H9N5O2S. The standard InChI is InChI=1S/C14H9N5O2S/c20-12(9-5-2-1-3-6-9)15-13-18-19-11(10-7-4-8-21-10)16-17-14(19)22-13/h1-8H,(H,15,18,20). The maximum atomic E-state index is 12.1. The Labute approximate surface area is 128 Å². The monoisotopic (exact) mass is 311 g/mol. The van der Waals surface area contributed by atoms with Gasteiger partial charge in [0.15, 0.2) is 5.76 Å². The second-order valence-electron chi connectivity index (χ2n) is 4.42. The number of amides is 1. The van der Waals surface area contributed by atoms with Crippen molar-refractivity contribution in [3.63, 3.8) is 0 Å². The second-order valence-corrected chi connectivity index (χ2v) is 5.38. The molecule has 0 spiro atoms. The lowest BCUT2D eigenvalue weighted by Crippen LogP contribution is -2.11. The summed E-state index contributed by atoms with van der Waals surface area (Å²) in [6, 6.07) is 12.5. The Hall–Kier alpha value is -3.00. The lowest BCUT2D eigenvalue weighted by Gasteiger charge is -1.99. The molecule has 4 rings (SSSR count). The van der Waals surface area contributed by atoms with Crippen molar-refractivity contribution in [1.82, 2.24) is 19.8 Å². The summed E-state index contributed by atoms with van der Waals surface area (Å²) in [6.45, 7) is 0. The molecule has 3 aromatic heterocycles. The summed E-state index contributed by atoms with van der Waals surface area (Å²) in [5, 5.41) is 15.6. The van der Waals surface area contributed by atoms with Crippen LogP contribution in [0.4, 0.5) is 5.13 Å². The SMILES string of the molecule is O=C(Nc1nn2c(-c3ccco3)nnc2s1)c1ccccc1. The van der Waals surface area contributed by atoms with Gasteiger partial charge in [0.1, 0.15) is 0 Å². The summed E-state index contributed by atoms with van der Waals surface area (Å²) in [4.78, 5) is 12.7. The first-order valence-corrected chi connectivity index (χ1v) is 7.25. The van der Waals surface area contributed by atoms with Crippen molar-refractivity contribution >= 4 is 27.3 Å². The minimum absolute atomic E-state index is 0.217. The molecule has 4 aromatic rings. The molecule has 0 saturated carbocycles. The molecule has 22 heavy (non-hydrogen) atoms. The van der Waals surface area contributed by atoms with Crippen molar-refractivity contribution in [3.8, 4) is 11.6 Å². The summed E-state index contributed by atoms with van der Waals surface area (Å²) in [7, 11) is 0. The molecule has 0 aliphatic rings. The lowest BCUT2D eigenvalue weighted by molar-refractivity contribution is 0.102. The summed E-state index contributed by atoms with van der Waals surface area (Å²) in [6.07, 6.45) is 1.56. The van der Waals surface area contributed by atoms with Crippen LogP contribution in [0.5, 0.6) is 0 Å². The van der Waals surface area contributed by atoms with E-state index in [4.69, 9.17) is 4.42 Å². The third-order valence-corrected chi connectivity index (χ3v) is 3.80. The number of rotatable bonds is 3. The number of benzene rings is 1. The number of anilines is 1. The van der Waals surface area contributed by atoms with Crippen molar-refractivity contribution in [2.24, 2.45) is 0 Å². The lowest BCUT2D eigenvalue weighted by atomic mass is 10.2. The molecule has 8 heteroatoms. The van der Waals surface area contributed by atoms with E-state index in [1.54, 1.807) is 35.0 Å². The van der Waals surface area contributed by atoms with E-state index in [1.807, 2.05) is 18.2 Å². The molecule has 0 fully saturated rings. The Balaban J connectivity index is 1.65. The van der Waals surface area contributed by atoms with Gasteiger partial charge < -0.3 is 4.42 Å². The average molecular weight is 311 g/mol. The number of hydrogen-bond acceptors (Lipinski definition) is 6. The Morgan fingerprint density at radius 1 is 1.14 bits per heavy atom. The molecule has 0 radical (unpaired) electrons. The highest BCUT2D eigenvalue weighted by Crippen LogP contribution is 2.24. The molecule has 3 heterocycles. The van der Waals surface area contributed by atoms with E-state index in [0.29, 0.717) is 27.2 Å². The zero-order valence-corrected chi connectivity index (χ0v) is 11.9. The van der Waals surface area contributed by atoms with Crippen molar-refractivity contribution in [2.75, 3.05) is 5.32 Å². The molecule has 7 nitrogen and oxygen atoms in total. The van der Waals surface area contributed by atoms with Gasteiger partial charge in [-0.25, -0.2) is 0 Å². The largest absolute Gasteiger partial charge is 0.461 e. The van der Waals surface area contributed by atoms with Crippen LogP contribution in [0.1, 0.15) is 10.4 Å². The zero-order chi connectivity index (χ0) is 14.9. The molecule has 1 N–H and O–H groups in total. The number of furan rings is 1. The maximum Gasteiger partial charge on any atom is 0.257 e. The summed E-state index contributed by atoms with van der Waals surface area (Å²) >= 11 is 1.24. The number of hydrogen-bond donors (Lipinski definition) is 1. The van der Waals surface area contributed by atoms with E-state index in [9.17, 15) is 4.79 Å². The van der Waals surface area contributed by atoms with E-state index in [2.05, 4.69) is 20.6 Å². The van der Waals surface area contributed by atoms with Gasteiger partial charge in [0.05, 0.1) is 6.26 Å². The molecule has 0 atom stereocenters. The van der Waals surface area contributed by atoms with E-state index < -0.39 is 0 Å². The molecule has 0 bridgehead atoms. The summed E-state index contributed by atoms with van der Waals surface area (Å²) in [5.41, 5.74) is 0.569. The first kappa shape index (κ1) is 12.7. The van der Waals surface area contributed by atoms with E-state index in [-0.39, 0.29) is 5.91 Å². The first-order chi connectivity index (χ1) is 10.8. The Morgan fingerprint density at radius 2 is 2.00 bits per heavy atom. The number of carbonyl (C=O) groups excluding carboxylic acids is 1. The number of aromatic nitrogens is 4. The van der Waals surface area contributed by atoms with Gasteiger partial charge in [0, 0.05) is 5.56 Å². The molecule has 0 saturated heterocycles. The van der Waals surface area contributed by atoms with Crippen LogP contribution in [-0.4, -0.2) is 25.7 Å². The van der Waals surface area contributed by atoms with Crippen LogP contribution < -0.4 is 5.32 Å². The third kappa shape index (κ3) is 2.15. The van der Waals surface area contributed by atoms with Gasteiger partial charge in [-0.05, 0) is 24.3 Å². The predicted molar refractivity (Wildman–Crippen MR) is 80.8 cm³/mol. The Morgan fingerprint density at radius 3 is 2.77 bits per heavy atom. The van der Waals surface area contributed by atoms with E-state index in [1.165, 1.54) is 11.3 Å². The van der Waals surface area contributed by atoms with Crippen LogP contribution in [0.15, 0.2) is 53.1 Å². The number of nitrogens with zero attached hydrogens (tertiary/aromatic N) is 4. The van der Waals surface area contributed by atoms with Crippen molar-refractivity contribution in [2.45, 2.75) is 0 Å². The molecule has 1 aromatic carbocycles. The molecule has 0 aliphatic heterocycles. The zero-order valence-electron chi connectivity index (χ0n) is 11.1. The van der Waals surface area contributed by atoms with Gasteiger partial charge in [-0.15, -0.1) is 15.3 Å². The Bertz CT molecular complexity index is 927. The predicted octanol–water partition coefficient (Wildman–Crippen LogP) is 2.70. The minimum Gasteiger partial charge on any atom is -0.461 e. The van der Waals surface area contributed by atoms with Gasteiger partial charge in [0.2, 0.25) is 15.9 Å². The molecule has 0 unspecified atom stereocenters. The number of fused-ring (bicyclic) bond motifs is 1. The van der Waals surface area contributed by atoms with Gasteiger partial charge in [-0.2, -0.15) is 4.52 Å². The van der Waals surface area contributed by atoms with Crippen LogP contribution in [0.2, 0.25) is 0 Å². The average Bonchev–Trinajstić information content (AvgIpc) is 3.24. The fourth-order valence-corrected chi connectivity index (χ4v) is 2.72. The molecule has 0 aliphatic carbocycles. The summed E-state index contributed by atoms with van der Waals surface area (Å²) < 4.78 is 6.85. The van der Waals surface area contributed by atoms with Crippen molar-refractivity contribution < 1.29 is 9.21 Å². The highest BCUT2D eigenvalue weighted by Gasteiger charge is 2.16. The molecule has 1 amide bonds.